The van der Waals surface area contributed by atoms with Crippen LogP contribution < -0.4 is 4.72 Å². The Morgan fingerprint density at radius 2 is 1.80 bits per heavy atom. The van der Waals surface area contributed by atoms with Gasteiger partial charge >= 0.3 is 11.5 Å². The second-order valence-corrected chi connectivity index (χ2v) is 6.62. The van der Waals surface area contributed by atoms with Gasteiger partial charge in [0.05, 0.1) is 12.2 Å². The van der Waals surface area contributed by atoms with E-state index in [1.54, 1.807) is 0 Å². The predicted molar refractivity (Wildman–Crippen MR) is 68.0 cm³/mol. The number of carboxylic acids is 1. The number of thioether (sulfide) groups is 1. The molecule has 0 unspecified atom stereocenters. The zero-order chi connectivity index (χ0) is 15.4. The van der Waals surface area contributed by atoms with E-state index in [1.165, 1.54) is 12.1 Å². The predicted octanol–water partition coefficient (Wildman–Crippen LogP) is 2.51. The first-order valence-corrected chi connectivity index (χ1v) is 7.62. The Hall–Kier alpha value is -1.42. The van der Waals surface area contributed by atoms with Gasteiger partial charge in [-0.1, -0.05) is 0 Å². The van der Waals surface area contributed by atoms with Crippen molar-refractivity contribution in [2.75, 3.05) is 10.5 Å². The highest BCUT2D eigenvalue weighted by Gasteiger charge is 2.29. The molecule has 112 valence electrons. The van der Waals surface area contributed by atoms with Gasteiger partial charge in [0.2, 0.25) is 10.0 Å². The average molecular weight is 329 g/mol. The van der Waals surface area contributed by atoms with Crippen molar-refractivity contribution in [3.05, 3.63) is 24.3 Å². The highest BCUT2D eigenvalue weighted by atomic mass is 32.2. The summed E-state index contributed by atoms with van der Waals surface area (Å²) in [5.41, 5.74) is -4.34. The van der Waals surface area contributed by atoms with E-state index in [0.29, 0.717) is 0 Å². The van der Waals surface area contributed by atoms with Crippen molar-refractivity contribution in [2.24, 2.45) is 0 Å². The number of carbonyl (C=O) groups is 1. The fraction of sp³-hybridized carbons (Fsp3) is 0.300. The largest absolute Gasteiger partial charge is 0.481 e. The van der Waals surface area contributed by atoms with Gasteiger partial charge in [0, 0.05) is 10.6 Å². The molecule has 0 saturated carbocycles. The van der Waals surface area contributed by atoms with Gasteiger partial charge in [-0.25, -0.2) is 8.42 Å². The van der Waals surface area contributed by atoms with Crippen molar-refractivity contribution in [3.63, 3.8) is 0 Å². The van der Waals surface area contributed by atoms with Crippen molar-refractivity contribution in [1.82, 2.24) is 0 Å². The number of aliphatic carboxylic acids is 1. The lowest BCUT2D eigenvalue weighted by Crippen LogP contribution is -2.18. The Labute approximate surface area is 117 Å². The summed E-state index contributed by atoms with van der Waals surface area (Å²) < 4.78 is 61.3. The summed E-state index contributed by atoms with van der Waals surface area (Å²) in [7, 11) is -3.84. The second kappa shape index (κ2) is 6.35. The van der Waals surface area contributed by atoms with Gasteiger partial charge in [0.1, 0.15) is 0 Å². The number of carboxylic acid groups (broad SMARTS) is 1. The van der Waals surface area contributed by atoms with Crippen LogP contribution in [0.1, 0.15) is 6.42 Å². The summed E-state index contributed by atoms with van der Waals surface area (Å²) in [6, 6.07) is 4.58. The van der Waals surface area contributed by atoms with Crippen LogP contribution >= 0.6 is 11.8 Å². The van der Waals surface area contributed by atoms with E-state index < -0.39 is 33.7 Å². The molecule has 1 aromatic rings. The quantitative estimate of drug-likeness (QED) is 0.784. The number of nitrogens with one attached hydrogen (secondary N) is 1. The molecule has 0 heterocycles. The average Bonchev–Trinajstić information content (AvgIpc) is 2.27. The molecule has 2 N–H and O–H groups in total. The summed E-state index contributed by atoms with van der Waals surface area (Å²) in [5, 5.41) is 8.39. The lowest BCUT2D eigenvalue weighted by atomic mass is 10.3. The Morgan fingerprint density at radius 3 is 2.25 bits per heavy atom. The minimum absolute atomic E-state index is 0.0712. The lowest BCUT2D eigenvalue weighted by Gasteiger charge is -2.09. The van der Waals surface area contributed by atoms with Crippen molar-refractivity contribution >= 4 is 33.4 Å². The molecule has 0 fully saturated rings. The standard InChI is InChI=1S/C10H10F3NO4S2/c11-10(12,13)19-8-3-1-7(2-4-8)14-20(17,18)6-5-9(15)16/h1-4,14H,5-6H2,(H,15,16). The van der Waals surface area contributed by atoms with Crippen molar-refractivity contribution in [2.45, 2.75) is 16.8 Å². The molecule has 20 heavy (non-hydrogen) atoms. The number of benzene rings is 1. The number of rotatable bonds is 6. The first-order chi connectivity index (χ1) is 9.07. The molecule has 10 heteroatoms. The van der Waals surface area contributed by atoms with E-state index in [1.807, 2.05) is 0 Å². The third kappa shape index (κ3) is 6.66. The van der Waals surface area contributed by atoms with E-state index >= 15 is 0 Å². The minimum atomic E-state index is -4.41. The minimum Gasteiger partial charge on any atom is -0.481 e. The first kappa shape index (κ1) is 16.6. The number of hydrogen-bond acceptors (Lipinski definition) is 4. The number of sulfonamides is 1. The van der Waals surface area contributed by atoms with Crippen LogP contribution in [0.15, 0.2) is 29.2 Å². The molecule has 0 aliphatic rings. The molecule has 0 bridgehead atoms. The van der Waals surface area contributed by atoms with E-state index in [0.717, 1.165) is 12.1 Å². The SMILES string of the molecule is O=C(O)CCS(=O)(=O)Nc1ccc(SC(F)(F)F)cc1. The zero-order valence-corrected chi connectivity index (χ0v) is 11.5. The van der Waals surface area contributed by atoms with E-state index in [9.17, 15) is 26.4 Å². The van der Waals surface area contributed by atoms with Gasteiger partial charge in [-0.3, -0.25) is 9.52 Å². The van der Waals surface area contributed by atoms with Gasteiger partial charge in [0.15, 0.2) is 0 Å². The maximum Gasteiger partial charge on any atom is 0.446 e. The van der Waals surface area contributed by atoms with Crippen molar-refractivity contribution in [3.8, 4) is 0 Å². The Kier molecular flexibility index (Phi) is 5.28. The van der Waals surface area contributed by atoms with Crippen LogP contribution in [0.25, 0.3) is 0 Å². The monoisotopic (exact) mass is 329 g/mol. The second-order valence-electron chi connectivity index (χ2n) is 3.64. The molecule has 0 atom stereocenters. The molecule has 0 aromatic heterocycles. The van der Waals surface area contributed by atoms with Gasteiger partial charge in [-0.15, -0.1) is 0 Å². The van der Waals surface area contributed by atoms with Gasteiger partial charge in [-0.2, -0.15) is 13.2 Å². The number of anilines is 1. The normalized spacial score (nSPS) is 12.2. The molecule has 1 aromatic carbocycles. The van der Waals surface area contributed by atoms with E-state index in [4.69, 9.17) is 5.11 Å². The highest BCUT2D eigenvalue weighted by molar-refractivity contribution is 8.00. The Morgan fingerprint density at radius 1 is 1.25 bits per heavy atom. The van der Waals surface area contributed by atoms with E-state index in [-0.39, 0.29) is 22.3 Å². The maximum absolute atomic E-state index is 12.1. The van der Waals surface area contributed by atoms with Crippen molar-refractivity contribution in [1.29, 1.82) is 0 Å². The fourth-order valence-corrected chi connectivity index (χ4v) is 2.76. The van der Waals surface area contributed by atoms with Crippen LogP contribution in [-0.4, -0.2) is 30.8 Å². The maximum atomic E-state index is 12.1. The summed E-state index contributed by atoms with van der Waals surface area (Å²) in [4.78, 5) is 10.2. The molecular weight excluding hydrogens is 319 g/mol. The third-order valence-corrected chi connectivity index (χ3v) is 3.97. The summed E-state index contributed by atoms with van der Waals surface area (Å²) in [6.45, 7) is 0. The number of hydrogen-bond donors (Lipinski definition) is 2. The molecule has 0 saturated heterocycles. The van der Waals surface area contributed by atoms with Gasteiger partial charge in [0.25, 0.3) is 0 Å². The Balaban J connectivity index is 2.68. The molecule has 0 spiro atoms. The van der Waals surface area contributed by atoms with Crippen LogP contribution in [0, 0.1) is 0 Å². The number of halogens is 3. The molecule has 0 aliphatic heterocycles. The van der Waals surface area contributed by atoms with Crippen LogP contribution in [-0.2, 0) is 14.8 Å². The van der Waals surface area contributed by atoms with Crippen LogP contribution in [0.2, 0.25) is 0 Å². The fourth-order valence-electron chi connectivity index (χ4n) is 1.18. The smallest absolute Gasteiger partial charge is 0.446 e. The third-order valence-electron chi connectivity index (χ3n) is 1.95. The van der Waals surface area contributed by atoms with Crippen LogP contribution in [0.4, 0.5) is 18.9 Å². The molecule has 5 nitrogen and oxygen atoms in total. The first-order valence-electron chi connectivity index (χ1n) is 5.15. The molecule has 1 rings (SSSR count). The summed E-state index contributed by atoms with van der Waals surface area (Å²) in [5.74, 6) is -1.87. The van der Waals surface area contributed by atoms with Crippen molar-refractivity contribution < 1.29 is 31.5 Å². The van der Waals surface area contributed by atoms with E-state index in [2.05, 4.69) is 4.72 Å². The van der Waals surface area contributed by atoms with Gasteiger partial charge in [-0.05, 0) is 36.0 Å². The topological polar surface area (TPSA) is 83.5 Å². The zero-order valence-electron chi connectivity index (χ0n) is 9.85. The molecule has 0 amide bonds. The van der Waals surface area contributed by atoms with Crippen LogP contribution in [0.3, 0.4) is 0 Å². The molecule has 0 radical (unpaired) electrons. The highest BCUT2D eigenvalue weighted by Crippen LogP contribution is 2.37. The molecular formula is C10H10F3NO4S2. The Bertz CT molecular complexity index is 569. The molecule has 0 aliphatic carbocycles. The lowest BCUT2D eigenvalue weighted by molar-refractivity contribution is -0.136. The number of alkyl halides is 3. The van der Waals surface area contributed by atoms with Gasteiger partial charge < -0.3 is 5.11 Å². The summed E-state index contributed by atoms with van der Waals surface area (Å²) in [6.07, 6.45) is -0.558. The van der Waals surface area contributed by atoms with Crippen LogP contribution in [0.5, 0.6) is 0 Å². The summed E-state index contributed by atoms with van der Waals surface area (Å²) >= 11 is -0.313.